The maximum atomic E-state index is 12.0. The Morgan fingerprint density at radius 1 is 1.63 bits per heavy atom. The summed E-state index contributed by atoms with van der Waals surface area (Å²) in [6.07, 6.45) is 1.18. The summed E-state index contributed by atoms with van der Waals surface area (Å²) in [5, 5.41) is 15.1. The molecule has 0 radical (unpaired) electrons. The molecule has 2 heterocycles. The summed E-state index contributed by atoms with van der Waals surface area (Å²) in [7, 11) is 0. The van der Waals surface area contributed by atoms with Crippen LogP contribution in [0.2, 0.25) is 0 Å². The topological polar surface area (TPSA) is 117 Å². The number of nitro groups is 1. The van der Waals surface area contributed by atoms with Gasteiger partial charge in [-0.1, -0.05) is 4.49 Å². The maximum absolute atomic E-state index is 12.0. The molecule has 0 unspecified atom stereocenters. The maximum Gasteiger partial charge on any atom is 0.289 e. The number of hydrogen-bond acceptors (Lipinski definition) is 7. The van der Waals surface area contributed by atoms with Crippen LogP contribution in [0.25, 0.3) is 0 Å². The number of rotatable bonds is 3. The minimum atomic E-state index is -0.543. The van der Waals surface area contributed by atoms with Crippen molar-refractivity contribution >= 4 is 38.2 Å². The van der Waals surface area contributed by atoms with Crippen LogP contribution in [-0.4, -0.2) is 19.1 Å². The summed E-state index contributed by atoms with van der Waals surface area (Å²) in [5.74, 6) is 0. The van der Waals surface area contributed by atoms with Crippen molar-refractivity contribution in [1.82, 2.24) is 14.2 Å². The average Bonchev–Trinajstić information content (AvgIpc) is 2.75. The van der Waals surface area contributed by atoms with Gasteiger partial charge in [-0.15, -0.1) is 5.10 Å². The molecule has 2 N–H and O–H groups in total. The number of aromatic nitrogens is 3. The molecule has 0 saturated heterocycles. The van der Waals surface area contributed by atoms with Gasteiger partial charge in [-0.25, -0.2) is 0 Å². The van der Waals surface area contributed by atoms with Gasteiger partial charge in [-0.05, 0) is 22.9 Å². The highest BCUT2D eigenvalue weighted by molar-refractivity contribution is 9.10. The monoisotopic (exact) mass is 345 g/mol. The molecule has 2 aromatic heterocycles. The molecular weight excluding hydrogens is 338 g/mol. The van der Waals surface area contributed by atoms with Crippen molar-refractivity contribution in [3.05, 3.63) is 42.4 Å². The molecule has 0 saturated carbocycles. The molecule has 0 atom stereocenters. The summed E-state index contributed by atoms with van der Waals surface area (Å²) < 4.78 is 4.99. The Balaban J connectivity index is 2.55. The summed E-state index contributed by atoms with van der Waals surface area (Å²) in [5.41, 5.74) is 5.81. The Bertz CT molecular complexity index is 710. The first kappa shape index (κ1) is 13.6. The van der Waals surface area contributed by atoms with Gasteiger partial charge in [0, 0.05) is 17.1 Å². The molecule has 0 amide bonds. The van der Waals surface area contributed by atoms with Crippen LogP contribution in [0.5, 0.6) is 0 Å². The van der Waals surface area contributed by atoms with E-state index in [1.54, 1.807) is 0 Å². The number of nitrogens with zero attached hydrogens (tertiary/aromatic N) is 4. The van der Waals surface area contributed by atoms with Crippen LogP contribution in [0.1, 0.15) is 11.3 Å². The van der Waals surface area contributed by atoms with Crippen molar-refractivity contribution < 1.29 is 4.92 Å². The lowest BCUT2D eigenvalue weighted by Gasteiger charge is -2.07. The smallest absolute Gasteiger partial charge is 0.289 e. The quantitative estimate of drug-likeness (QED) is 0.661. The number of nitrogen functional groups attached to an aromatic ring is 1. The van der Waals surface area contributed by atoms with E-state index in [0.29, 0.717) is 10.7 Å². The highest BCUT2D eigenvalue weighted by atomic mass is 79.9. The molecule has 2 rings (SSSR count). The zero-order valence-corrected chi connectivity index (χ0v) is 12.1. The summed E-state index contributed by atoms with van der Waals surface area (Å²) in [4.78, 5) is 22.4. The predicted molar refractivity (Wildman–Crippen MR) is 73.2 cm³/mol. The molecule has 0 fully saturated rings. The lowest BCUT2D eigenvalue weighted by molar-refractivity contribution is -0.386. The predicted octanol–water partition coefficient (Wildman–Crippen LogP) is 1.31. The first-order valence-electron chi connectivity index (χ1n) is 5.02. The fourth-order valence-electron chi connectivity index (χ4n) is 1.49. The summed E-state index contributed by atoms with van der Waals surface area (Å²) >= 11 is 4.07. The summed E-state index contributed by atoms with van der Waals surface area (Å²) in [6, 6.07) is 0. The normalized spacial score (nSPS) is 10.6. The fourth-order valence-corrected chi connectivity index (χ4v) is 2.36. The second kappa shape index (κ2) is 5.05. The second-order valence-electron chi connectivity index (χ2n) is 3.73. The van der Waals surface area contributed by atoms with Crippen LogP contribution in [0, 0.1) is 17.0 Å². The van der Waals surface area contributed by atoms with Crippen molar-refractivity contribution in [2.24, 2.45) is 0 Å². The van der Waals surface area contributed by atoms with Crippen LogP contribution in [0.15, 0.2) is 15.5 Å². The average molecular weight is 346 g/mol. The second-order valence-corrected chi connectivity index (χ2v) is 5.31. The number of halogens is 1. The van der Waals surface area contributed by atoms with Crippen LogP contribution in [0.4, 0.5) is 10.7 Å². The minimum absolute atomic E-state index is 0.0425. The fraction of sp³-hybridized carbons (Fsp3) is 0.222. The van der Waals surface area contributed by atoms with Crippen molar-refractivity contribution in [2.75, 3.05) is 5.73 Å². The number of pyridine rings is 1. The number of anilines is 1. The van der Waals surface area contributed by atoms with Gasteiger partial charge in [0.15, 0.2) is 0 Å². The van der Waals surface area contributed by atoms with Gasteiger partial charge in [0.25, 0.3) is 11.2 Å². The highest BCUT2D eigenvalue weighted by Crippen LogP contribution is 2.23. The van der Waals surface area contributed by atoms with Crippen molar-refractivity contribution in [1.29, 1.82) is 0 Å². The first-order valence-corrected chi connectivity index (χ1v) is 6.59. The molecule has 0 aliphatic rings. The molecule has 19 heavy (non-hydrogen) atoms. The van der Waals surface area contributed by atoms with Crippen LogP contribution in [-0.2, 0) is 6.54 Å². The molecule has 0 aliphatic heterocycles. The van der Waals surface area contributed by atoms with Crippen molar-refractivity contribution in [3.8, 4) is 0 Å². The Labute approximate surface area is 119 Å². The SMILES string of the molecule is Cc1c([N+](=O)[O-])cn(Cc2nnsc2N)c(=O)c1Br. The Morgan fingerprint density at radius 2 is 2.32 bits per heavy atom. The molecule has 0 bridgehead atoms. The van der Waals surface area contributed by atoms with Gasteiger partial charge in [0.2, 0.25) is 0 Å². The van der Waals surface area contributed by atoms with E-state index >= 15 is 0 Å². The van der Waals surface area contributed by atoms with Crippen molar-refractivity contribution in [3.63, 3.8) is 0 Å². The first-order chi connectivity index (χ1) is 8.91. The van der Waals surface area contributed by atoms with E-state index in [-0.39, 0.29) is 27.8 Å². The van der Waals surface area contributed by atoms with E-state index in [4.69, 9.17) is 5.73 Å². The van der Waals surface area contributed by atoms with Gasteiger partial charge in [0.1, 0.15) is 10.7 Å². The Morgan fingerprint density at radius 3 is 2.84 bits per heavy atom. The summed E-state index contributed by atoms with van der Waals surface area (Å²) in [6.45, 7) is 1.55. The molecule has 0 aromatic carbocycles. The molecule has 0 spiro atoms. The van der Waals surface area contributed by atoms with Gasteiger partial charge in [-0.2, -0.15) is 0 Å². The number of nitrogens with two attached hydrogens (primary N) is 1. The van der Waals surface area contributed by atoms with E-state index in [9.17, 15) is 14.9 Å². The molecule has 100 valence electrons. The third-order valence-corrected chi connectivity index (χ3v) is 4.07. The van der Waals surface area contributed by atoms with Crippen LogP contribution in [0.3, 0.4) is 0 Å². The van der Waals surface area contributed by atoms with Crippen molar-refractivity contribution in [2.45, 2.75) is 13.5 Å². The van der Waals surface area contributed by atoms with Gasteiger partial charge < -0.3 is 10.3 Å². The van der Waals surface area contributed by atoms with E-state index in [1.165, 1.54) is 17.7 Å². The molecule has 0 aliphatic carbocycles. The standard InChI is InChI=1S/C9H8BrN5O3S/c1-4-6(15(17)18)3-14(9(16)7(4)10)2-5-8(11)19-13-12-5/h3H,2,11H2,1H3. The zero-order chi connectivity index (χ0) is 14.2. The Hall–Kier alpha value is -1.81. The zero-order valence-electron chi connectivity index (χ0n) is 9.66. The minimum Gasteiger partial charge on any atom is -0.388 e. The molecule has 8 nitrogen and oxygen atoms in total. The lowest BCUT2D eigenvalue weighted by atomic mass is 10.2. The van der Waals surface area contributed by atoms with Gasteiger partial charge >= 0.3 is 0 Å². The largest absolute Gasteiger partial charge is 0.388 e. The van der Waals surface area contributed by atoms with Crippen LogP contribution < -0.4 is 11.3 Å². The van der Waals surface area contributed by atoms with Gasteiger partial charge in [0.05, 0.1) is 22.1 Å². The van der Waals surface area contributed by atoms with E-state index in [0.717, 1.165) is 11.5 Å². The van der Waals surface area contributed by atoms with Crippen LogP contribution >= 0.6 is 27.5 Å². The molecule has 2 aromatic rings. The van der Waals surface area contributed by atoms with E-state index in [2.05, 4.69) is 25.5 Å². The highest BCUT2D eigenvalue weighted by Gasteiger charge is 2.19. The number of hydrogen-bond donors (Lipinski definition) is 1. The van der Waals surface area contributed by atoms with E-state index in [1.807, 2.05) is 0 Å². The van der Waals surface area contributed by atoms with Gasteiger partial charge in [-0.3, -0.25) is 14.9 Å². The van der Waals surface area contributed by atoms with E-state index < -0.39 is 4.92 Å². The third kappa shape index (κ3) is 2.49. The molecular formula is C9H8BrN5O3S. The lowest BCUT2D eigenvalue weighted by Crippen LogP contribution is -2.23. The molecule has 10 heteroatoms. The Kier molecular flexibility index (Phi) is 3.62. The third-order valence-electron chi connectivity index (χ3n) is 2.54.